The summed E-state index contributed by atoms with van der Waals surface area (Å²) in [4.78, 5) is 8.12. The van der Waals surface area contributed by atoms with E-state index in [-0.39, 0.29) is 0 Å². The Morgan fingerprint density at radius 1 is 1.41 bits per heavy atom. The lowest BCUT2D eigenvalue weighted by molar-refractivity contribution is 0.409. The molecular weight excluding hydrogens is 214 g/mol. The Bertz CT molecular complexity index is 480. The highest BCUT2D eigenvalue weighted by molar-refractivity contribution is 5.24. The molecule has 17 heavy (non-hydrogen) atoms. The molecule has 1 aliphatic carbocycles. The highest BCUT2D eigenvalue weighted by Crippen LogP contribution is 2.30. The van der Waals surface area contributed by atoms with Crippen molar-refractivity contribution in [2.45, 2.75) is 31.8 Å². The lowest BCUT2D eigenvalue weighted by Crippen LogP contribution is -2.24. The summed E-state index contributed by atoms with van der Waals surface area (Å²) in [7, 11) is 0. The molecule has 1 atom stereocenters. The van der Waals surface area contributed by atoms with Gasteiger partial charge in [-0.15, -0.1) is 0 Å². The van der Waals surface area contributed by atoms with Crippen molar-refractivity contribution < 1.29 is 4.42 Å². The van der Waals surface area contributed by atoms with E-state index in [1.54, 1.807) is 18.8 Å². The van der Waals surface area contributed by atoms with Crippen molar-refractivity contribution in [2.75, 3.05) is 0 Å². The van der Waals surface area contributed by atoms with Crippen molar-refractivity contribution in [1.29, 1.82) is 0 Å². The Labute approximate surface area is 100 Å². The van der Waals surface area contributed by atoms with Gasteiger partial charge < -0.3 is 9.73 Å². The van der Waals surface area contributed by atoms with Gasteiger partial charge in [-0.3, -0.25) is 0 Å². The number of hydrogen-bond donors (Lipinski definition) is 1. The van der Waals surface area contributed by atoms with Crippen LogP contribution in [0.4, 0.5) is 0 Å². The molecule has 3 rings (SSSR count). The number of nitrogens with one attached hydrogen (secondary N) is 1. The molecule has 0 bridgehead atoms. The molecule has 88 valence electrons. The summed E-state index contributed by atoms with van der Waals surface area (Å²) in [5.74, 6) is 1.14. The number of furan rings is 1. The lowest BCUT2D eigenvalue weighted by Gasteiger charge is -2.22. The molecule has 0 fully saturated rings. The van der Waals surface area contributed by atoms with Crippen LogP contribution in [0.15, 0.2) is 35.3 Å². The molecule has 0 aliphatic heterocycles. The van der Waals surface area contributed by atoms with Crippen LogP contribution in [0.25, 0.3) is 0 Å². The van der Waals surface area contributed by atoms with Crippen molar-refractivity contribution in [3.05, 3.63) is 47.9 Å². The van der Waals surface area contributed by atoms with Crippen molar-refractivity contribution in [1.82, 2.24) is 15.3 Å². The summed E-state index contributed by atoms with van der Waals surface area (Å²) in [6.07, 6.45) is 8.55. The summed E-state index contributed by atoms with van der Waals surface area (Å²) in [5, 5.41) is 3.53. The number of hydrogen-bond acceptors (Lipinski definition) is 4. The van der Waals surface area contributed by atoms with Crippen LogP contribution in [0.3, 0.4) is 0 Å². The molecular formula is C13H15N3O. The smallest absolute Gasteiger partial charge is 0.115 e. The van der Waals surface area contributed by atoms with Crippen LogP contribution in [0.2, 0.25) is 0 Å². The van der Waals surface area contributed by atoms with E-state index in [1.165, 1.54) is 12.0 Å². The highest BCUT2D eigenvalue weighted by Gasteiger charge is 2.21. The minimum Gasteiger partial charge on any atom is -0.469 e. The highest BCUT2D eigenvalue weighted by atomic mass is 16.3. The van der Waals surface area contributed by atoms with Gasteiger partial charge >= 0.3 is 0 Å². The van der Waals surface area contributed by atoms with Crippen LogP contribution in [-0.4, -0.2) is 9.97 Å². The van der Waals surface area contributed by atoms with Crippen molar-refractivity contribution in [2.24, 2.45) is 0 Å². The van der Waals surface area contributed by atoms with Gasteiger partial charge in [0.15, 0.2) is 0 Å². The van der Waals surface area contributed by atoms with Gasteiger partial charge in [0.1, 0.15) is 12.1 Å². The van der Waals surface area contributed by atoms with Gasteiger partial charge in [0.25, 0.3) is 0 Å². The van der Waals surface area contributed by atoms with Crippen LogP contribution in [0.5, 0.6) is 0 Å². The monoisotopic (exact) mass is 229 g/mol. The minimum atomic E-state index is 0.396. The molecule has 4 nitrogen and oxygen atoms in total. The number of fused-ring (bicyclic) bond motifs is 1. The standard InChI is InChI=1S/C13H15N3O/c1-2-12(11-5-7-17-13(11)3-1)15-8-10-4-6-14-9-16-10/h4-7,9,12,15H,1-3,8H2. The SMILES string of the molecule is c1cc(CNC2CCCc3occc32)ncn1. The third-order valence-corrected chi connectivity index (χ3v) is 3.22. The molecule has 0 aromatic carbocycles. The van der Waals surface area contributed by atoms with Crippen molar-refractivity contribution in [3.8, 4) is 0 Å². The first-order valence-electron chi connectivity index (χ1n) is 5.98. The number of nitrogens with zero attached hydrogens (tertiary/aromatic N) is 2. The molecule has 4 heteroatoms. The molecule has 0 radical (unpaired) electrons. The van der Waals surface area contributed by atoms with Gasteiger partial charge in [0.05, 0.1) is 12.0 Å². The first-order chi connectivity index (χ1) is 8.43. The van der Waals surface area contributed by atoms with E-state index in [9.17, 15) is 0 Å². The largest absolute Gasteiger partial charge is 0.469 e. The van der Waals surface area contributed by atoms with E-state index in [0.717, 1.165) is 30.8 Å². The fourth-order valence-electron chi connectivity index (χ4n) is 2.35. The van der Waals surface area contributed by atoms with Gasteiger partial charge in [-0.2, -0.15) is 0 Å². The average molecular weight is 229 g/mol. The predicted molar refractivity (Wildman–Crippen MR) is 63.3 cm³/mol. The van der Waals surface area contributed by atoms with E-state index < -0.39 is 0 Å². The van der Waals surface area contributed by atoms with E-state index in [4.69, 9.17) is 4.42 Å². The van der Waals surface area contributed by atoms with E-state index >= 15 is 0 Å². The van der Waals surface area contributed by atoms with Crippen LogP contribution < -0.4 is 5.32 Å². The zero-order valence-electron chi connectivity index (χ0n) is 9.60. The zero-order chi connectivity index (χ0) is 11.5. The Morgan fingerprint density at radius 3 is 3.29 bits per heavy atom. The van der Waals surface area contributed by atoms with Crippen molar-refractivity contribution in [3.63, 3.8) is 0 Å². The Hall–Kier alpha value is -1.68. The van der Waals surface area contributed by atoms with E-state index in [0.29, 0.717) is 6.04 Å². The van der Waals surface area contributed by atoms with Crippen molar-refractivity contribution >= 4 is 0 Å². The first kappa shape index (κ1) is 10.5. The summed E-state index contributed by atoms with van der Waals surface area (Å²) in [5.41, 5.74) is 2.33. The van der Waals surface area contributed by atoms with Gasteiger partial charge in [-0.25, -0.2) is 9.97 Å². The molecule has 0 amide bonds. The fourth-order valence-corrected chi connectivity index (χ4v) is 2.35. The maximum Gasteiger partial charge on any atom is 0.115 e. The Kier molecular flexibility index (Phi) is 2.88. The topological polar surface area (TPSA) is 51.0 Å². The molecule has 2 aromatic heterocycles. The molecule has 0 saturated carbocycles. The maximum atomic E-state index is 5.47. The molecule has 0 saturated heterocycles. The van der Waals surface area contributed by atoms with E-state index in [1.807, 2.05) is 6.07 Å². The third-order valence-electron chi connectivity index (χ3n) is 3.22. The second-order valence-electron chi connectivity index (χ2n) is 4.33. The summed E-state index contributed by atoms with van der Waals surface area (Å²) < 4.78 is 5.47. The van der Waals surface area contributed by atoms with Crippen LogP contribution >= 0.6 is 0 Å². The number of aryl methyl sites for hydroxylation is 1. The van der Waals surface area contributed by atoms with Gasteiger partial charge in [-0.1, -0.05) is 0 Å². The quantitative estimate of drug-likeness (QED) is 0.877. The number of rotatable bonds is 3. The van der Waals surface area contributed by atoms with Gasteiger partial charge in [0, 0.05) is 30.8 Å². The molecule has 2 aromatic rings. The normalized spacial score (nSPS) is 18.9. The Balaban J connectivity index is 1.68. The van der Waals surface area contributed by atoms with E-state index in [2.05, 4.69) is 21.4 Å². The summed E-state index contributed by atoms with van der Waals surface area (Å²) in [6, 6.07) is 4.41. The van der Waals surface area contributed by atoms with Crippen LogP contribution in [0, 0.1) is 0 Å². The Morgan fingerprint density at radius 2 is 2.41 bits per heavy atom. The van der Waals surface area contributed by atoms with Crippen LogP contribution in [-0.2, 0) is 13.0 Å². The van der Waals surface area contributed by atoms with Crippen LogP contribution in [0.1, 0.15) is 35.9 Å². The maximum absolute atomic E-state index is 5.47. The first-order valence-corrected chi connectivity index (χ1v) is 5.98. The molecule has 1 N–H and O–H groups in total. The van der Waals surface area contributed by atoms with Gasteiger partial charge in [-0.05, 0) is 25.0 Å². The molecule has 1 unspecified atom stereocenters. The lowest BCUT2D eigenvalue weighted by atomic mass is 9.93. The zero-order valence-corrected chi connectivity index (χ0v) is 9.60. The molecule has 1 aliphatic rings. The second-order valence-corrected chi connectivity index (χ2v) is 4.33. The predicted octanol–water partition coefficient (Wildman–Crippen LogP) is 2.24. The molecule has 0 spiro atoms. The van der Waals surface area contributed by atoms with Gasteiger partial charge in [0.2, 0.25) is 0 Å². The fraction of sp³-hybridized carbons (Fsp3) is 0.385. The average Bonchev–Trinajstić information content (AvgIpc) is 2.86. The minimum absolute atomic E-state index is 0.396. The second kappa shape index (κ2) is 4.67. The number of aromatic nitrogens is 2. The third kappa shape index (κ3) is 2.22. The summed E-state index contributed by atoms with van der Waals surface area (Å²) >= 11 is 0. The summed E-state index contributed by atoms with van der Waals surface area (Å²) in [6.45, 7) is 0.776. The molecule has 2 heterocycles.